The van der Waals surface area contributed by atoms with E-state index < -0.39 is 0 Å². The molecule has 3 aromatic rings. The van der Waals surface area contributed by atoms with Crippen molar-refractivity contribution in [2.45, 2.75) is 13.0 Å². The summed E-state index contributed by atoms with van der Waals surface area (Å²) in [6.45, 7) is 1.52. The molecule has 0 saturated heterocycles. The first kappa shape index (κ1) is 17.9. The van der Waals surface area contributed by atoms with Gasteiger partial charge in [0.1, 0.15) is 25.6 Å². The van der Waals surface area contributed by atoms with Crippen molar-refractivity contribution >= 4 is 5.91 Å². The second kappa shape index (κ2) is 8.03. The summed E-state index contributed by atoms with van der Waals surface area (Å²) >= 11 is 0. The number of hydrogen-bond acceptors (Lipinski definition) is 6. The molecule has 0 atom stereocenters. The maximum atomic E-state index is 13.0. The number of ether oxygens (including phenoxy) is 2. The van der Waals surface area contributed by atoms with E-state index in [-0.39, 0.29) is 18.3 Å². The molecule has 28 heavy (non-hydrogen) atoms. The molecule has 0 unspecified atom stereocenters. The van der Waals surface area contributed by atoms with Crippen LogP contribution in [0.3, 0.4) is 0 Å². The maximum Gasteiger partial charge on any atom is 0.243 e. The number of nitrogens with zero attached hydrogens (tertiary/aromatic N) is 4. The van der Waals surface area contributed by atoms with Gasteiger partial charge in [-0.3, -0.25) is 4.79 Å². The summed E-state index contributed by atoms with van der Waals surface area (Å²) in [5, 5.41) is 14.7. The van der Waals surface area contributed by atoms with Gasteiger partial charge in [0.25, 0.3) is 0 Å². The van der Waals surface area contributed by atoms with Crippen molar-refractivity contribution in [1.82, 2.24) is 25.5 Å². The molecule has 9 heteroatoms. The van der Waals surface area contributed by atoms with Crippen LogP contribution in [0, 0.1) is 5.82 Å². The quantitative estimate of drug-likeness (QED) is 0.695. The van der Waals surface area contributed by atoms with Gasteiger partial charge in [0.15, 0.2) is 11.5 Å². The third kappa shape index (κ3) is 4.25. The van der Waals surface area contributed by atoms with Crippen molar-refractivity contribution in [3.63, 3.8) is 0 Å². The van der Waals surface area contributed by atoms with Gasteiger partial charge in [-0.05, 0) is 53.6 Å². The number of benzene rings is 2. The highest BCUT2D eigenvalue weighted by Crippen LogP contribution is 2.30. The summed E-state index contributed by atoms with van der Waals surface area (Å²) in [5.41, 5.74) is 1.67. The minimum absolute atomic E-state index is 0.0463. The maximum absolute atomic E-state index is 13.0. The Labute approximate surface area is 160 Å². The van der Waals surface area contributed by atoms with Gasteiger partial charge >= 0.3 is 0 Å². The zero-order chi connectivity index (χ0) is 19.3. The third-order valence-corrected chi connectivity index (χ3v) is 4.18. The van der Waals surface area contributed by atoms with E-state index in [1.165, 1.54) is 16.9 Å². The Morgan fingerprint density at radius 2 is 1.89 bits per heavy atom. The highest BCUT2D eigenvalue weighted by atomic mass is 19.1. The van der Waals surface area contributed by atoms with Crippen LogP contribution in [0.1, 0.15) is 5.56 Å². The normalized spacial score (nSPS) is 12.6. The molecule has 2 aromatic carbocycles. The molecule has 0 fully saturated rings. The van der Waals surface area contributed by atoms with E-state index in [0.717, 1.165) is 17.1 Å². The van der Waals surface area contributed by atoms with Crippen LogP contribution in [0.15, 0.2) is 42.5 Å². The molecule has 0 radical (unpaired) electrons. The summed E-state index contributed by atoms with van der Waals surface area (Å²) in [5.74, 6) is 1.25. The van der Waals surface area contributed by atoms with E-state index in [9.17, 15) is 9.18 Å². The topological polar surface area (TPSA) is 91.2 Å². The number of hydrogen-bond donors (Lipinski definition) is 1. The summed E-state index contributed by atoms with van der Waals surface area (Å²) in [7, 11) is 0. The molecule has 8 nitrogen and oxygen atoms in total. The van der Waals surface area contributed by atoms with Crippen LogP contribution in [0.4, 0.5) is 4.39 Å². The predicted molar refractivity (Wildman–Crippen MR) is 97.4 cm³/mol. The lowest BCUT2D eigenvalue weighted by atomic mass is 10.1. The Hall–Kier alpha value is -3.49. The summed E-state index contributed by atoms with van der Waals surface area (Å²) in [6.07, 6.45) is 0.661. The number of fused-ring (bicyclic) bond motifs is 1. The van der Waals surface area contributed by atoms with Gasteiger partial charge in [-0.2, -0.15) is 4.80 Å². The molecule has 0 aliphatic carbocycles. The van der Waals surface area contributed by atoms with Crippen molar-refractivity contribution in [2.24, 2.45) is 0 Å². The first-order valence-electron chi connectivity index (χ1n) is 8.86. The van der Waals surface area contributed by atoms with Crippen molar-refractivity contribution in [2.75, 3.05) is 19.8 Å². The minimum Gasteiger partial charge on any atom is -0.486 e. The van der Waals surface area contributed by atoms with Gasteiger partial charge in [-0.1, -0.05) is 6.07 Å². The summed E-state index contributed by atoms with van der Waals surface area (Å²) < 4.78 is 24.0. The fraction of sp³-hybridized carbons (Fsp3) is 0.263. The molecule has 1 N–H and O–H groups in total. The van der Waals surface area contributed by atoms with Crippen molar-refractivity contribution in [3.05, 3.63) is 53.8 Å². The molecule has 1 aliphatic rings. The Bertz CT molecular complexity index is 974. The smallest absolute Gasteiger partial charge is 0.243 e. The zero-order valence-corrected chi connectivity index (χ0v) is 15.0. The number of amides is 1. The molecular weight excluding hydrogens is 365 g/mol. The molecular formula is C19H18FN5O3. The van der Waals surface area contributed by atoms with E-state index in [1.54, 1.807) is 12.1 Å². The van der Waals surface area contributed by atoms with Crippen LogP contribution in [0.5, 0.6) is 11.5 Å². The Balaban J connectivity index is 1.27. The number of carbonyl (C=O) groups is 1. The van der Waals surface area contributed by atoms with Crippen LogP contribution in [0.25, 0.3) is 11.4 Å². The molecule has 1 aliphatic heterocycles. The zero-order valence-electron chi connectivity index (χ0n) is 15.0. The highest BCUT2D eigenvalue weighted by molar-refractivity contribution is 5.75. The number of tetrazole rings is 1. The van der Waals surface area contributed by atoms with Crippen molar-refractivity contribution < 1.29 is 18.7 Å². The molecule has 1 amide bonds. The van der Waals surface area contributed by atoms with Gasteiger partial charge in [0.05, 0.1) is 0 Å². The van der Waals surface area contributed by atoms with E-state index >= 15 is 0 Å². The van der Waals surface area contributed by atoms with E-state index in [4.69, 9.17) is 9.47 Å². The first-order valence-corrected chi connectivity index (χ1v) is 8.86. The molecule has 0 spiro atoms. The predicted octanol–water partition coefficient (Wildman–Crippen LogP) is 1.61. The SMILES string of the molecule is O=C(Cn1nnc(-c2ccc(F)cc2)n1)NCCc1ccc2c(c1)OCCO2. The number of aromatic nitrogens is 4. The standard InChI is InChI=1S/C19H18FN5O3/c20-15-4-2-14(3-5-15)19-22-24-25(23-19)12-18(26)21-8-7-13-1-6-16-17(11-13)28-10-9-27-16/h1-6,11H,7-10,12H2,(H,21,26). The lowest BCUT2D eigenvalue weighted by Gasteiger charge is -2.18. The number of carbonyl (C=O) groups excluding carboxylic acids is 1. The minimum atomic E-state index is -0.339. The van der Waals surface area contributed by atoms with E-state index in [0.29, 0.717) is 37.6 Å². The van der Waals surface area contributed by atoms with Crippen molar-refractivity contribution in [1.29, 1.82) is 0 Å². The van der Waals surface area contributed by atoms with Crippen LogP contribution >= 0.6 is 0 Å². The average Bonchev–Trinajstić information content (AvgIpc) is 3.17. The van der Waals surface area contributed by atoms with E-state index in [2.05, 4.69) is 20.7 Å². The van der Waals surface area contributed by atoms with Crippen LogP contribution in [-0.2, 0) is 17.8 Å². The fourth-order valence-electron chi connectivity index (χ4n) is 2.80. The average molecular weight is 383 g/mol. The second-order valence-corrected chi connectivity index (χ2v) is 6.23. The summed E-state index contributed by atoms with van der Waals surface area (Å²) in [4.78, 5) is 13.3. The van der Waals surface area contributed by atoms with Gasteiger partial charge in [0.2, 0.25) is 11.7 Å². The monoisotopic (exact) mass is 383 g/mol. The Morgan fingerprint density at radius 3 is 2.71 bits per heavy atom. The lowest BCUT2D eigenvalue weighted by molar-refractivity contribution is -0.122. The third-order valence-electron chi connectivity index (χ3n) is 4.18. The Morgan fingerprint density at radius 1 is 1.11 bits per heavy atom. The van der Waals surface area contributed by atoms with Gasteiger partial charge in [-0.15, -0.1) is 10.2 Å². The molecule has 2 heterocycles. The Kier molecular flexibility index (Phi) is 5.14. The van der Waals surface area contributed by atoms with Crippen LogP contribution < -0.4 is 14.8 Å². The number of nitrogens with one attached hydrogen (secondary N) is 1. The van der Waals surface area contributed by atoms with Crippen molar-refractivity contribution in [3.8, 4) is 22.9 Å². The molecule has 1 aromatic heterocycles. The van der Waals surface area contributed by atoms with Crippen LogP contribution in [-0.4, -0.2) is 45.9 Å². The largest absolute Gasteiger partial charge is 0.486 e. The molecule has 4 rings (SSSR count). The van der Waals surface area contributed by atoms with Crippen LogP contribution in [0.2, 0.25) is 0 Å². The molecule has 0 saturated carbocycles. The van der Waals surface area contributed by atoms with Gasteiger partial charge < -0.3 is 14.8 Å². The second-order valence-electron chi connectivity index (χ2n) is 6.23. The first-order chi connectivity index (χ1) is 13.7. The van der Waals surface area contributed by atoms with Gasteiger partial charge in [-0.25, -0.2) is 4.39 Å². The van der Waals surface area contributed by atoms with Gasteiger partial charge in [0, 0.05) is 12.1 Å². The number of halogens is 1. The summed E-state index contributed by atoms with van der Waals surface area (Å²) in [6, 6.07) is 11.5. The highest BCUT2D eigenvalue weighted by Gasteiger charge is 2.12. The molecule has 144 valence electrons. The number of rotatable bonds is 6. The molecule has 0 bridgehead atoms. The van der Waals surface area contributed by atoms with E-state index in [1.807, 2.05) is 18.2 Å². The lowest BCUT2D eigenvalue weighted by Crippen LogP contribution is -2.30. The fourth-order valence-corrected chi connectivity index (χ4v) is 2.80.